The number of pyridine rings is 1. The SMILES string of the molecule is O=C(NCC(O)c1ccccc1)c1cc(OCC(F)F)ccn1. The van der Waals surface area contributed by atoms with Gasteiger partial charge in [-0.15, -0.1) is 0 Å². The summed E-state index contributed by atoms with van der Waals surface area (Å²) in [6.07, 6.45) is -2.15. The smallest absolute Gasteiger partial charge is 0.272 e. The minimum atomic E-state index is -2.60. The number of carbonyl (C=O) groups is 1. The Morgan fingerprint density at radius 3 is 2.70 bits per heavy atom. The first-order valence-corrected chi connectivity index (χ1v) is 6.94. The number of aliphatic hydroxyl groups is 1. The molecular formula is C16H16F2N2O3. The Hall–Kier alpha value is -2.54. The van der Waals surface area contributed by atoms with Crippen molar-refractivity contribution in [3.05, 3.63) is 59.9 Å². The number of nitrogens with zero attached hydrogens (tertiary/aromatic N) is 1. The number of hydrogen-bond donors (Lipinski definition) is 2. The summed E-state index contributed by atoms with van der Waals surface area (Å²) in [6.45, 7) is -0.746. The van der Waals surface area contributed by atoms with Crippen molar-refractivity contribution < 1.29 is 23.4 Å². The number of ether oxygens (including phenoxy) is 1. The van der Waals surface area contributed by atoms with Gasteiger partial charge in [0, 0.05) is 18.8 Å². The Morgan fingerprint density at radius 1 is 1.26 bits per heavy atom. The van der Waals surface area contributed by atoms with Crippen molar-refractivity contribution >= 4 is 5.91 Å². The van der Waals surface area contributed by atoms with E-state index < -0.39 is 25.0 Å². The highest BCUT2D eigenvalue weighted by Crippen LogP contribution is 2.13. The molecular weight excluding hydrogens is 306 g/mol. The molecule has 0 saturated carbocycles. The fourth-order valence-corrected chi connectivity index (χ4v) is 1.86. The maximum Gasteiger partial charge on any atom is 0.272 e. The standard InChI is InChI=1S/C16H16F2N2O3/c17-15(18)10-23-12-6-7-19-13(8-12)16(22)20-9-14(21)11-4-2-1-3-5-11/h1-8,14-15,21H,9-10H2,(H,20,22). The molecule has 23 heavy (non-hydrogen) atoms. The minimum absolute atomic E-state index is 0.00659. The number of alkyl halides is 2. The third-order valence-electron chi connectivity index (χ3n) is 2.98. The lowest BCUT2D eigenvalue weighted by Crippen LogP contribution is -2.29. The van der Waals surface area contributed by atoms with Crippen LogP contribution in [0.5, 0.6) is 5.75 Å². The molecule has 0 fully saturated rings. The van der Waals surface area contributed by atoms with E-state index in [0.717, 1.165) is 0 Å². The van der Waals surface area contributed by atoms with Crippen LogP contribution in [0.15, 0.2) is 48.7 Å². The van der Waals surface area contributed by atoms with Gasteiger partial charge in [-0.1, -0.05) is 30.3 Å². The van der Waals surface area contributed by atoms with Crippen LogP contribution in [0.1, 0.15) is 22.2 Å². The average Bonchev–Trinajstić information content (AvgIpc) is 2.58. The summed E-state index contributed by atoms with van der Waals surface area (Å²) in [7, 11) is 0. The van der Waals surface area contributed by atoms with Crippen molar-refractivity contribution in [2.75, 3.05) is 13.2 Å². The monoisotopic (exact) mass is 322 g/mol. The largest absolute Gasteiger partial charge is 0.488 e. The van der Waals surface area contributed by atoms with Gasteiger partial charge in [-0.2, -0.15) is 0 Å². The highest BCUT2D eigenvalue weighted by atomic mass is 19.3. The normalized spacial score (nSPS) is 12.0. The second kappa shape index (κ2) is 8.19. The van der Waals surface area contributed by atoms with Crippen LogP contribution in [0.2, 0.25) is 0 Å². The second-order valence-corrected chi connectivity index (χ2v) is 4.72. The van der Waals surface area contributed by atoms with E-state index in [1.807, 2.05) is 6.07 Å². The molecule has 2 N–H and O–H groups in total. The lowest BCUT2D eigenvalue weighted by molar-refractivity contribution is 0.0816. The number of rotatable bonds is 7. The second-order valence-electron chi connectivity index (χ2n) is 4.72. The number of benzene rings is 1. The number of nitrogens with one attached hydrogen (secondary N) is 1. The summed E-state index contributed by atoms with van der Waals surface area (Å²) < 4.78 is 29.0. The fourth-order valence-electron chi connectivity index (χ4n) is 1.86. The number of hydrogen-bond acceptors (Lipinski definition) is 4. The molecule has 1 heterocycles. The Bertz CT molecular complexity index is 638. The zero-order valence-electron chi connectivity index (χ0n) is 12.2. The third kappa shape index (κ3) is 5.30. The molecule has 122 valence electrons. The van der Waals surface area contributed by atoms with Gasteiger partial charge < -0.3 is 15.2 Å². The topological polar surface area (TPSA) is 71.5 Å². The zero-order chi connectivity index (χ0) is 16.7. The summed E-state index contributed by atoms with van der Waals surface area (Å²) in [6, 6.07) is 11.5. The minimum Gasteiger partial charge on any atom is -0.488 e. The molecule has 0 radical (unpaired) electrons. The molecule has 1 aromatic heterocycles. The van der Waals surface area contributed by atoms with E-state index in [0.29, 0.717) is 5.56 Å². The first kappa shape index (κ1) is 16.8. The summed E-state index contributed by atoms with van der Waals surface area (Å²) in [4.78, 5) is 15.8. The maximum atomic E-state index is 12.1. The highest BCUT2D eigenvalue weighted by Gasteiger charge is 2.13. The first-order chi connectivity index (χ1) is 11.1. The summed E-state index contributed by atoms with van der Waals surface area (Å²) >= 11 is 0. The van der Waals surface area contributed by atoms with Gasteiger partial charge in [0.05, 0.1) is 6.10 Å². The Balaban J connectivity index is 1.91. The van der Waals surface area contributed by atoms with Crippen molar-refractivity contribution in [1.82, 2.24) is 10.3 Å². The van der Waals surface area contributed by atoms with Crippen LogP contribution in [0.3, 0.4) is 0 Å². The van der Waals surface area contributed by atoms with Gasteiger partial charge in [-0.25, -0.2) is 8.78 Å². The number of carbonyl (C=O) groups excluding carboxylic acids is 1. The lowest BCUT2D eigenvalue weighted by Gasteiger charge is -2.12. The molecule has 2 aromatic rings. The summed E-state index contributed by atoms with van der Waals surface area (Å²) in [5, 5.41) is 12.5. The van der Waals surface area contributed by atoms with Gasteiger partial charge >= 0.3 is 0 Å². The lowest BCUT2D eigenvalue weighted by atomic mass is 10.1. The molecule has 0 aliphatic carbocycles. The molecule has 1 aromatic carbocycles. The van der Waals surface area contributed by atoms with Gasteiger partial charge in [0.2, 0.25) is 0 Å². The molecule has 0 aliphatic heterocycles. The van der Waals surface area contributed by atoms with Crippen LogP contribution in [-0.2, 0) is 0 Å². The van der Waals surface area contributed by atoms with Gasteiger partial charge in [0.1, 0.15) is 18.1 Å². The number of halogens is 2. The number of aromatic nitrogens is 1. The predicted octanol–water partition coefficient (Wildman–Crippen LogP) is 2.19. The van der Waals surface area contributed by atoms with Crippen LogP contribution < -0.4 is 10.1 Å². The molecule has 1 atom stereocenters. The van der Waals surface area contributed by atoms with E-state index in [1.165, 1.54) is 18.3 Å². The van der Waals surface area contributed by atoms with Gasteiger partial charge in [0.15, 0.2) is 0 Å². The van der Waals surface area contributed by atoms with E-state index in [2.05, 4.69) is 10.3 Å². The van der Waals surface area contributed by atoms with E-state index in [1.54, 1.807) is 24.3 Å². The van der Waals surface area contributed by atoms with Crippen molar-refractivity contribution in [3.63, 3.8) is 0 Å². The Morgan fingerprint density at radius 2 is 2.00 bits per heavy atom. The summed E-state index contributed by atoms with van der Waals surface area (Å²) in [5.41, 5.74) is 0.701. The van der Waals surface area contributed by atoms with E-state index in [4.69, 9.17) is 4.74 Å². The molecule has 1 unspecified atom stereocenters. The van der Waals surface area contributed by atoms with Gasteiger partial charge in [0.25, 0.3) is 12.3 Å². The molecule has 0 aliphatic rings. The predicted molar refractivity (Wildman–Crippen MR) is 79.5 cm³/mol. The molecule has 0 saturated heterocycles. The van der Waals surface area contributed by atoms with Crippen molar-refractivity contribution in [2.45, 2.75) is 12.5 Å². The quantitative estimate of drug-likeness (QED) is 0.820. The highest BCUT2D eigenvalue weighted by molar-refractivity contribution is 5.92. The molecule has 0 bridgehead atoms. The maximum absolute atomic E-state index is 12.1. The Kier molecular flexibility index (Phi) is 5.99. The fraction of sp³-hybridized carbons (Fsp3) is 0.250. The molecule has 1 amide bonds. The van der Waals surface area contributed by atoms with Gasteiger partial charge in [-0.3, -0.25) is 9.78 Å². The van der Waals surface area contributed by atoms with Crippen LogP contribution in [0, 0.1) is 0 Å². The third-order valence-corrected chi connectivity index (χ3v) is 2.98. The number of amides is 1. The Labute approximate surface area is 131 Å². The molecule has 0 spiro atoms. The molecule has 5 nitrogen and oxygen atoms in total. The van der Waals surface area contributed by atoms with Crippen molar-refractivity contribution in [2.24, 2.45) is 0 Å². The summed E-state index contributed by atoms with van der Waals surface area (Å²) in [5.74, 6) is -0.392. The zero-order valence-corrected chi connectivity index (χ0v) is 12.2. The number of aliphatic hydroxyl groups excluding tert-OH is 1. The molecule has 2 rings (SSSR count). The molecule has 7 heteroatoms. The van der Waals surface area contributed by atoms with Crippen LogP contribution in [-0.4, -0.2) is 35.6 Å². The van der Waals surface area contributed by atoms with E-state index in [-0.39, 0.29) is 18.0 Å². The average molecular weight is 322 g/mol. The van der Waals surface area contributed by atoms with Crippen LogP contribution in [0.4, 0.5) is 8.78 Å². The first-order valence-electron chi connectivity index (χ1n) is 6.94. The van der Waals surface area contributed by atoms with Crippen molar-refractivity contribution in [3.8, 4) is 5.75 Å². The van der Waals surface area contributed by atoms with Gasteiger partial charge in [-0.05, 0) is 11.6 Å². The van der Waals surface area contributed by atoms with Crippen LogP contribution in [0.25, 0.3) is 0 Å². The van der Waals surface area contributed by atoms with E-state index in [9.17, 15) is 18.7 Å². The van der Waals surface area contributed by atoms with Crippen molar-refractivity contribution in [1.29, 1.82) is 0 Å². The van der Waals surface area contributed by atoms with E-state index >= 15 is 0 Å². The van der Waals surface area contributed by atoms with Crippen LogP contribution >= 0.6 is 0 Å².